The van der Waals surface area contributed by atoms with Gasteiger partial charge in [0.15, 0.2) is 10.8 Å². The fraction of sp³-hybridized carbons (Fsp3) is 0.500. The highest BCUT2D eigenvalue weighted by atomic mass is 32.2. The molecule has 2 N–H and O–H groups in total. The van der Waals surface area contributed by atoms with E-state index in [1.165, 1.54) is 0 Å². The lowest BCUT2D eigenvalue weighted by Crippen LogP contribution is -2.40. The number of imidazole rings is 1. The third-order valence-electron chi connectivity index (χ3n) is 3.71. The van der Waals surface area contributed by atoms with Gasteiger partial charge in [-0.25, -0.2) is 18.1 Å². The number of nitrogens with one attached hydrogen (secondary N) is 2. The van der Waals surface area contributed by atoms with Crippen LogP contribution in [0.2, 0.25) is 0 Å². The van der Waals surface area contributed by atoms with Crippen LogP contribution in [0.1, 0.15) is 32.6 Å². The maximum atomic E-state index is 12.7. The predicted molar refractivity (Wildman–Crippen MR) is 81.9 cm³/mol. The maximum absolute atomic E-state index is 12.7. The zero-order chi connectivity index (χ0) is 14.9. The van der Waals surface area contributed by atoms with Gasteiger partial charge < -0.3 is 5.32 Å². The number of anilines is 1. The SMILES string of the molecule is CCCNc1nc2ccccn2c1S(=O)(=O)NC1CCC1. The molecule has 1 fully saturated rings. The Labute approximate surface area is 124 Å². The highest BCUT2D eigenvalue weighted by Crippen LogP contribution is 2.26. The van der Waals surface area contributed by atoms with Crippen LogP contribution in [0, 0.1) is 0 Å². The monoisotopic (exact) mass is 308 g/mol. The van der Waals surface area contributed by atoms with Crippen LogP contribution in [0.25, 0.3) is 5.65 Å². The fourth-order valence-corrected chi connectivity index (χ4v) is 3.96. The molecule has 0 aromatic carbocycles. The van der Waals surface area contributed by atoms with Gasteiger partial charge in [-0.05, 0) is 31.4 Å². The van der Waals surface area contributed by atoms with E-state index >= 15 is 0 Å². The number of fused-ring (bicyclic) bond motifs is 1. The molecule has 0 atom stereocenters. The molecule has 0 radical (unpaired) electrons. The quantitative estimate of drug-likeness (QED) is 0.855. The van der Waals surface area contributed by atoms with Gasteiger partial charge in [0.05, 0.1) is 0 Å². The van der Waals surface area contributed by atoms with E-state index in [1.54, 1.807) is 22.7 Å². The minimum atomic E-state index is -3.58. The van der Waals surface area contributed by atoms with Crippen LogP contribution in [0.15, 0.2) is 29.4 Å². The zero-order valence-corrected chi connectivity index (χ0v) is 12.9. The Balaban J connectivity index is 2.05. The van der Waals surface area contributed by atoms with Crippen molar-refractivity contribution in [3.8, 4) is 0 Å². The largest absolute Gasteiger partial charge is 0.368 e. The highest BCUT2D eigenvalue weighted by Gasteiger charge is 2.30. The van der Waals surface area contributed by atoms with Crippen LogP contribution in [0.3, 0.4) is 0 Å². The van der Waals surface area contributed by atoms with Gasteiger partial charge in [0.2, 0.25) is 0 Å². The van der Waals surface area contributed by atoms with Gasteiger partial charge >= 0.3 is 0 Å². The average Bonchev–Trinajstić information content (AvgIpc) is 2.80. The van der Waals surface area contributed by atoms with Crippen molar-refractivity contribution in [1.82, 2.24) is 14.1 Å². The normalized spacial score (nSPS) is 16.0. The molecule has 1 saturated carbocycles. The standard InChI is InChI=1S/C14H20N4O2S/c1-2-9-15-13-14(18-10-4-3-8-12(18)16-13)21(19,20)17-11-6-5-7-11/h3-4,8,10-11,15,17H,2,5-7,9H2,1H3. The molecule has 2 heterocycles. The second-order valence-electron chi connectivity index (χ2n) is 5.37. The summed E-state index contributed by atoms with van der Waals surface area (Å²) in [5, 5.41) is 3.32. The van der Waals surface area contributed by atoms with E-state index in [0.717, 1.165) is 25.7 Å². The predicted octanol–water partition coefficient (Wildman–Crippen LogP) is 1.99. The first-order chi connectivity index (χ1) is 10.1. The summed E-state index contributed by atoms with van der Waals surface area (Å²) in [7, 11) is -3.58. The van der Waals surface area contributed by atoms with Crippen molar-refractivity contribution in [2.24, 2.45) is 0 Å². The Morgan fingerprint density at radius 3 is 2.86 bits per heavy atom. The number of hydrogen-bond donors (Lipinski definition) is 2. The Bertz CT molecular complexity index is 735. The summed E-state index contributed by atoms with van der Waals surface area (Å²) in [4.78, 5) is 4.40. The molecule has 0 spiro atoms. The van der Waals surface area contributed by atoms with Gasteiger partial charge in [-0.3, -0.25) is 4.40 Å². The first kappa shape index (κ1) is 14.3. The van der Waals surface area contributed by atoms with E-state index in [9.17, 15) is 8.42 Å². The van der Waals surface area contributed by atoms with Crippen LogP contribution < -0.4 is 10.0 Å². The molecule has 1 aliphatic rings. The molecule has 114 valence electrons. The third-order valence-corrected chi connectivity index (χ3v) is 5.25. The maximum Gasteiger partial charge on any atom is 0.260 e. The second kappa shape index (κ2) is 5.65. The van der Waals surface area contributed by atoms with E-state index in [4.69, 9.17) is 0 Å². The topological polar surface area (TPSA) is 75.5 Å². The summed E-state index contributed by atoms with van der Waals surface area (Å²) in [6, 6.07) is 5.52. The van der Waals surface area contributed by atoms with E-state index < -0.39 is 10.0 Å². The lowest BCUT2D eigenvalue weighted by atomic mass is 9.94. The summed E-state index contributed by atoms with van der Waals surface area (Å²) < 4.78 is 29.8. The summed E-state index contributed by atoms with van der Waals surface area (Å²) in [6.45, 7) is 2.72. The van der Waals surface area contributed by atoms with Gasteiger partial charge in [-0.1, -0.05) is 19.4 Å². The zero-order valence-electron chi connectivity index (χ0n) is 12.0. The molecule has 21 heavy (non-hydrogen) atoms. The van der Waals surface area contributed by atoms with E-state index in [-0.39, 0.29) is 11.1 Å². The van der Waals surface area contributed by atoms with Crippen LogP contribution >= 0.6 is 0 Å². The Hall–Kier alpha value is -1.60. The number of sulfonamides is 1. The Kier molecular flexibility index (Phi) is 3.86. The molecular weight excluding hydrogens is 288 g/mol. The second-order valence-corrected chi connectivity index (χ2v) is 7.00. The molecule has 6 nitrogen and oxygen atoms in total. The smallest absolute Gasteiger partial charge is 0.260 e. The summed E-state index contributed by atoms with van der Waals surface area (Å²) in [5.74, 6) is 0.426. The first-order valence-electron chi connectivity index (χ1n) is 7.35. The summed E-state index contributed by atoms with van der Waals surface area (Å²) in [6.07, 6.45) is 5.54. The number of pyridine rings is 1. The molecule has 0 saturated heterocycles. The molecule has 3 rings (SSSR count). The molecule has 0 bridgehead atoms. The highest BCUT2D eigenvalue weighted by molar-refractivity contribution is 7.89. The van der Waals surface area contributed by atoms with Crippen molar-refractivity contribution in [2.45, 2.75) is 43.7 Å². The van der Waals surface area contributed by atoms with Crippen LogP contribution in [0.5, 0.6) is 0 Å². The molecule has 2 aromatic rings. The summed E-state index contributed by atoms with van der Waals surface area (Å²) >= 11 is 0. The lowest BCUT2D eigenvalue weighted by molar-refractivity contribution is 0.383. The molecular formula is C14H20N4O2S. The van der Waals surface area contributed by atoms with Gasteiger partial charge in [0, 0.05) is 18.8 Å². The van der Waals surface area contributed by atoms with Gasteiger partial charge in [-0.15, -0.1) is 0 Å². The lowest BCUT2D eigenvalue weighted by Gasteiger charge is -2.26. The van der Waals surface area contributed by atoms with E-state index in [0.29, 0.717) is 18.0 Å². The fourth-order valence-electron chi connectivity index (χ4n) is 2.39. The van der Waals surface area contributed by atoms with Crippen LogP contribution in [-0.4, -0.2) is 30.4 Å². The van der Waals surface area contributed by atoms with Crippen molar-refractivity contribution in [2.75, 3.05) is 11.9 Å². The molecule has 2 aromatic heterocycles. The molecule has 1 aliphatic carbocycles. The van der Waals surface area contributed by atoms with Crippen molar-refractivity contribution >= 4 is 21.5 Å². The Morgan fingerprint density at radius 2 is 2.19 bits per heavy atom. The number of aromatic nitrogens is 2. The van der Waals surface area contributed by atoms with Gasteiger partial charge in [0.1, 0.15) is 5.65 Å². The number of rotatable bonds is 6. The van der Waals surface area contributed by atoms with Crippen molar-refractivity contribution in [3.05, 3.63) is 24.4 Å². The van der Waals surface area contributed by atoms with Crippen LogP contribution in [0.4, 0.5) is 5.82 Å². The van der Waals surface area contributed by atoms with Crippen molar-refractivity contribution < 1.29 is 8.42 Å². The summed E-state index contributed by atoms with van der Waals surface area (Å²) in [5.41, 5.74) is 0.630. The van der Waals surface area contributed by atoms with Crippen LogP contribution in [-0.2, 0) is 10.0 Å². The third kappa shape index (κ3) is 2.75. The molecule has 0 aliphatic heterocycles. The molecule has 7 heteroatoms. The first-order valence-corrected chi connectivity index (χ1v) is 8.83. The van der Waals surface area contributed by atoms with Gasteiger partial charge in [-0.2, -0.15) is 0 Å². The number of nitrogens with zero attached hydrogens (tertiary/aromatic N) is 2. The minimum absolute atomic E-state index is 0.0586. The molecule has 0 unspecified atom stereocenters. The number of hydrogen-bond acceptors (Lipinski definition) is 4. The average molecular weight is 308 g/mol. The molecule has 0 amide bonds. The Morgan fingerprint density at radius 1 is 1.38 bits per heavy atom. The minimum Gasteiger partial charge on any atom is -0.368 e. The van der Waals surface area contributed by atoms with Crippen molar-refractivity contribution in [3.63, 3.8) is 0 Å². The van der Waals surface area contributed by atoms with Crippen molar-refractivity contribution in [1.29, 1.82) is 0 Å². The van der Waals surface area contributed by atoms with Gasteiger partial charge in [0.25, 0.3) is 10.0 Å². The van der Waals surface area contributed by atoms with E-state index in [1.807, 2.05) is 13.0 Å². The van der Waals surface area contributed by atoms with E-state index in [2.05, 4.69) is 15.0 Å².